The van der Waals surface area contributed by atoms with Gasteiger partial charge in [0.25, 0.3) is 5.97 Å². The molecule has 0 unspecified atom stereocenters. The first kappa shape index (κ1) is 24.8. The predicted octanol–water partition coefficient (Wildman–Crippen LogP) is 5.41. The van der Waals surface area contributed by atoms with Crippen molar-refractivity contribution in [1.29, 1.82) is 0 Å². The number of aromatic nitrogens is 5. The molecule has 9 heteroatoms. The van der Waals surface area contributed by atoms with Crippen molar-refractivity contribution >= 4 is 5.97 Å². The first-order valence-corrected chi connectivity index (χ1v) is 11.9. The average Bonchev–Trinajstić information content (AvgIpc) is 3.40. The van der Waals surface area contributed by atoms with Crippen LogP contribution in [0.15, 0.2) is 60.9 Å². The van der Waals surface area contributed by atoms with Crippen molar-refractivity contribution in [2.24, 2.45) is 0 Å². The zero-order chi connectivity index (χ0) is 25.3. The lowest BCUT2D eigenvalue weighted by Gasteiger charge is -2.22. The van der Waals surface area contributed by atoms with E-state index in [4.69, 9.17) is 19.4 Å². The maximum absolute atomic E-state index is 9.00. The molecule has 186 valence electrons. The Labute approximate surface area is 209 Å². The molecule has 1 fully saturated rings. The van der Waals surface area contributed by atoms with Gasteiger partial charge in [-0.15, -0.1) is 0 Å². The first-order chi connectivity index (χ1) is 17.5. The van der Waals surface area contributed by atoms with E-state index in [1.165, 1.54) is 19.3 Å². The topological polar surface area (TPSA) is 123 Å². The molecule has 1 saturated carbocycles. The zero-order valence-electron chi connectivity index (χ0n) is 20.3. The summed E-state index contributed by atoms with van der Waals surface area (Å²) in [5.41, 5.74) is 3.57. The highest BCUT2D eigenvalue weighted by Gasteiger charge is 2.15. The van der Waals surface area contributed by atoms with Crippen molar-refractivity contribution in [3.63, 3.8) is 0 Å². The molecule has 0 radical (unpaired) electrons. The van der Waals surface area contributed by atoms with Crippen LogP contribution < -0.4 is 9.47 Å². The van der Waals surface area contributed by atoms with Crippen molar-refractivity contribution in [3.05, 3.63) is 60.9 Å². The third-order valence-electron chi connectivity index (χ3n) is 5.74. The lowest BCUT2D eigenvalue weighted by atomic mass is 9.98. The summed E-state index contributed by atoms with van der Waals surface area (Å²) >= 11 is 0. The number of pyridine rings is 2. The van der Waals surface area contributed by atoms with Gasteiger partial charge in [0.1, 0.15) is 11.9 Å². The molecule has 3 aromatic heterocycles. The third-order valence-corrected chi connectivity index (χ3v) is 5.74. The van der Waals surface area contributed by atoms with Crippen LogP contribution in [0.4, 0.5) is 0 Å². The summed E-state index contributed by atoms with van der Waals surface area (Å²) in [5, 5.41) is 14.7. The number of carbonyl (C=O) groups is 1. The molecule has 1 aliphatic rings. The van der Waals surface area contributed by atoms with Gasteiger partial charge in [0.2, 0.25) is 5.88 Å². The number of carboxylic acids is 1. The Morgan fingerprint density at radius 2 is 1.58 bits per heavy atom. The maximum atomic E-state index is 9.00. The standard InChI is InChI=1S/C25H25N5O2.C2H4O2/c1-31-20-11-7-17(8-12-20)24-28-25(30-29-24)19-9-13-22(26-16-19)18-10-14-23(27-15-18)32-21-5-3-2-4-6-21;1-2(3)4/h7-16,21H,2-6H2,1H3,(H,28,29,30);1H3,(H,3,4). The molecule has 0 atom stereocenters. The van der Waals surface area contributed by atoms with Crippen LogP contribution in [-0.4, -0.2) is 49.4 Å². The summed E-state index contributed by atoms with van der Waals surface area (Å²) in [6.07, 6.45) is 9.92. The van der Waals surface area contributed by atoms with E-state index < -0.39 is 5.97 Å². The lowest BCUT2D eigenvalue weighted by molar-refractivity contribution is -0.134. The first-order valence-electron chi connectivity index (χ1n) is 11.9. The average molecular weight is 488 g/mol. The molecule has 4 aromatic rings. The Morgan fingerprint density at radius 3 is 2.19 bits per heavy atom. The van der Waals surface area contributed by atoms with E-state index >= 15 is 0 Å². The number of H-pyrrole nitrogens is 1. The number of nitrogens with zero attached hydrogens (tertiary/aromatic N) is 4. The van der Waals surface area contributed by atoms with Crippen molar-refractivity contribution < 1.29 is 19.4 Å². The second-order valence-electron chi connectivity index (χ2n) is 8.45. The Balaban J connectivity index is 0.000000709. The van der Waals surface area contributed by atoms with E-state index in [1.807, 2.05) is 54.7 Å². The van der Waals surface area contributed by atoms with E-state index in [-0.39, 0.29) is 0 Å². The smallest absolute Gasteiger partial charge is 0.300 e. The second-order valence-corrected chi connectivity index (χ2v) is 8.45. The van der Waals surface area contributed by atoms with Crippen LogP contribution in [0, 0.1) is 0 Å². The molecule has 3 heterocycles. The molecule has 0 spiro atoms. The summed E-state index contributed by atoms with van der Waals surface area (Å²) in [6, 6.07) is 15.5. The fourth-order valence-electron chi connectivity index (χ4n) is 3.92. The SMILES string of the molecule is CC(=O)O.COc1ccc(-c2nc(-c3ccc(-c4ccc(OC5CCCCC5)nc4)nc3)n[nH]2)cc1. The van der Waals surface area contributed by atoms with E-state index in [0.717, 1.165) is 47.9 Å². The van der Waals surface area contributed by atoms with Gasteiger partial charge in [0.05, 0.1) is 12.8 Å². The fraction of sp³-hybridized carbons (Fsp3) is 0.296. The van der Waals surface area contributed by atoms with Gasteiger partial charge in [-0.05, 0) is 68.1 Å². The molecule has 2 N–H and O–H groups in total. The molecule has 1 aliphatic carbocycles. The van der Waals surface area contributed by atoms with E-state index in [9.17, 15) is 0 Å². The maximum Gasteiger partial charge on any atom is 0.300 e. The van der Waals surface area contributed by atoms with Gasteiger partial charge in [-0.3, -0.25) is 14.9 Å². The molecular weight excluding hydrogens is 458 g/mol. The van der Waals surface area contributed by atoms with Crippen LogP contribution in [-0.2, 0) is 4.79 Å². The number of aliphatic carboxylic acids is 1. The number of hydrogen-bond donors (Lipinski definition) is 2. The van der Waals surface area contributed by atoms with Crippen LogP contribution in [0.25, 0.3) is 34.0 Å². The van der Waals surface area contributed by atoms with Crippen LogP contribution >= 0.6 is 0 Å². The Morgan fingerprint density at radius 1 is 0.917 bits per heavy atom. The number of carboxylic acid groups (broad SMARTS) is 1. The Kier molecular flexibility index (Phi) is 8.23. The number of nitrogens with one attached hydrogen (secondary N) is 1. The lowest BCUT2D eigenvalue weighted by Crippen LogP contribution is -2.20. The zero-order valence-corrected chi connectivity index (χ0v) is 20.3. The fourth-order valence-corrected chi connectivity index (χ4v) is 3.92. The summed E-state index contributed by atoms with van der Waals surface area (Å²) in [6.45, 7) is 1.08. The van der Waals surface area contributed by atoms with Crippen molar-refractivity contribution in [2.45, 2.75) is 45.1 Å². The van der Waals surface area contributed by atoms with Gasteiger partial charge >= 0.3 is 0 Å². The highest BCUT2D eigenvalue weighted by atomic mass is 16.5. The predicted molar refractivity (Wildman–Crippen MR) is 136 cm³/mol. The van der Waals surface area contributed by atoms with Crippen LogP contribution in [0.3, 0.4) is 0 Å². The summed E-state index contributed by atoms with van der Waals surface area (Å²) < 4.78 is 11.2. The van der Waals surface area contributed by atoms with Gasteiger partial charge in [0.15, 0.2) is 11.6 Å². The van der Waals surface area contributed by atoms with Crippen LogP contribution in [0.2, 0.25) is 0 Å². The minimum Gasteiger partial charge on any atom is -0.497 e. The van der Waals surface area contributed by atoms with Gasteiger partial charge in [-0.1, -0.05) is 6.42 Å². The number of rotatable bonds is 6. The normalized spacial score (nSPS) is 13.4. The third kappa shape index (κ3) is 6.65. The molecule has 0 aliphatic heterocycles. The molecule has 0 bridgehead atoms. The Bertz CT molecular complexity index is 1240. The molecular formula is C27H29N5O4. The van der Waals surface area contributed by atoms with Gasteiger partial charge in [0, 0.05) is 42.1 Å². The number of aromatic amines is 1. The molecule has 36 heavy (non-hydrogen) atoms. The van der Waals surface area contributed by atoms with Gasteiger partial charge in [-0.25, -0.2) is 9.97 Å². The largest absolute Gasteiger partial charge is 0.497 e. The van der Waals surface area contributed by atoms with E-state index in [0.29, 0.717) is 23.6 Å². The van der Waals surface area contributed by atoms with Crippen molar-refractivity contribution in [3.8, 4) is 45.7 Å². The Hall–Kier alpha value is -4.27. The van der Waals surface area contributed by atoms with E-state index in [1.54, 1.807) is 13.3 Å². The monoisotopic (exact) mass is 487 g/mol. The van der Waals surface area contributed by atoms with Crippen LogP contribution in [0.5, 0.6) is 11.6 Å². The molecule has 0 saturated heterocycles. The molecule has 9 nitrogen and oxygen atoms in total. The van der Waals surface area contributed by atoms with Gasteiger partial charge < -0.3 is 14.6 Å². The summed E-state index contributed by atoms with van der Waals surface area (Å²) in [5.74, 6) is 1.95. The highest BCUT2D eigenvalue weighted by Crippen LogP contribution is 2.26. The van der Waals surface area contributed by atoms with Gasteiger partial charge in [-0.2, -0.15) is 5.10 Å². The highest BCUT2D eigenvalue weighted by molar-refractivity contribution is 5.65. The molecule has 0 amide bonds. The second kappa shape index (κ2) is 11.9. The minimum absolute atomic E-state index is 0.295. The van der Waals surface area contributed by atoms with Crippen LogP contribution in [0.1, 0.15) is 39.0 Å². The molecule has 5 rings (SSSR count). The number of benzene rings is 1. The number of methoxy groups -OCH3 is 1. The summed E-state index contributed by atoms with van der Waals surface area (Å²) in [7, 11) is 1.65. The number of hydrogen-bond acceptors (Lipinski definition) is 7. The van der Waals surface area contributed by atoms with Crippen molar-refractivity contribution in [2.75, 3.05) is 7.11 Å². The van der Waals surface area contributed by atoms with Crippen molar-refractivity contribution in [1.82, 2.24) is 25.1 Å². The quantitative estimate of drug-likeness (QED) is 0.370. The number of ether oxygens (including phenoxy) is 2. The summed E-state index contributed by atoms with van der Waals surface area (Å²) in [4.78, 5) is 22.7. The van der Waals surface area contributed by atoms with E-state index in [2.05, 4.69) is 25.1 Å². The minimum atomic E-state index is -0.833. The molecule has 1 aromatic carbocycles.